The summed E-state index contributed by atoms with van der Waals surface area (Å²) in [5.74, 6) is -0.911. The number of hydrogen-bond acceptors (Lipinski definition) is 4. The maximum atomic E-state index is 10.3. The van der Waals surface area contributed by atoms with E-state index in [0.717, 1.165) is 39.4 Å². The highest BCUT2D eigenvalue weighted by Crippen LogP contribution is 1.95. The number of nitrogens with zero attached hydrogens (tertiary/aromatic N) is 1. The maximum Gasteiger partial charge on any atom is 0.330 e. The topological polar surface area (TPSA) is 61.8 Å². The molecule has 0 aromatic rings. The number of rotatable bonds is 5. The van der Waals surface area contributed by atoms with Crippen molar-refractivity contribution < 1.29 is 14.6 Å². The number of aliphatic carboxylic acids is 1. The summed E-state index contributed by atoms with van der Waals surface area (Å²) < 4.78 is 5.23. The molecule has 0 aromatic heterocycles. The van der Waals surface area contributed by atoms with E-state index in [1.54, 1.807) is 6.92 Å². The largest absolute Gasteiger partial charge is 0.478 e. The van der Waals surface area contributed by atoms with Gasteiger partial charge in [0.25, 0.3) is 0 Å². The Bertz CT molecular complexity index is 235. The molecule has 15 heavy (non-hydrogen) atoms. The van der Waals surface area contributed by atoms with Crippen molar-refractivity contribution in [3.05, 3.63) is 11.8 Å². The number of allylic oxidation sites excluding steroid dienone is 1. The molecule has 1 aliphatic heterocycles. The fourth-order valence-corrected chi connectivity index (χ4v) is 1.47. The fraction of sp³-hybridized carbons (Fsp3) is 0.700. The van der Waals surface area contributed by atoms with Gasteiger partial charge in [-0.15, -0.1) is 0 Å². The highest BCUT2D eigenvalue weighted by atomic mass is 16.5. The van der Waals surface area contributed by atoms with Crippen molar-refractivity contribution in [2.24, 2.45) is 0 Å². The Kier molecular flexibility index (Phi) is 5.14. The number of ether oxygens (including phenoxy) is 1. The van der Waals surface area contributed by atoms with E-state index in [0.29, 0.717) is 5.70 Å². The second kappa shape index (κ2) is 6.42. The summed E-state index contributed by atoms with van der Waals surface area (Å²) in [4.78, 5) is 12.6. The summed E-state index contributed by atoms with van der Waals surface area (Å²) in [5, 5.41) is 11.5. The average Bonchev–Trinajstić information content (AvgIpc) is 2.18. The van der Waals surface area contributed by atoms with Gasteiger partial charge >= 0.3 is 5.97 Å². The third-order valence-corrected chi connectivity index (χ3v) is 2.28. The van der Waals surface area contributed by atoms with Crippen molar-refractivity contribution in [2.45, 2.75) is 6.92 Å². The Labute approximate surface area is 89.7 Å². The second-order valence-electron chi connectivity index (χ2n) is 3.55. The van der Waals surface area contributed by atoms with Crippen LogP contribution in [0.1, 0.15) is 6.92 Å². The van der Waals surface area contributed by atoms with E-state index < -0.39 is 5.97 Å². The first-order chi connectivity index (χ1) is 7.18. The standard InChI is InChI=1S/C10H18N2O3/c1-9(8-10(13)14)11-2-3-12-4-6-15-7-5-12/h8,11H,2-7H2,1H3,(H,13,14)/b9-8-. The summed E-state index contributed by atoms with van der Waals surface area (Å²) in [6.07, 6.45) is 1.18. The van der Waals surface area contributed by atoms with E-state index in [4.69, 9.17) is 9.84 Å². The predicted octanol–water partition coefficient (Wildman–Crippen LogP) is -0.103. The van der Waals surface area contributed by atoms with E-state index in [2.05, 4.69) is 10.2 Å². The predicted molar refractivity (Wildman–Crippen MR) is 56.7 cm³/mol. The van der Waals surface area contributed by atoms with Gasteiger partial charge in [0, 0.05) is 38.0 Å². The van der Waals surface area contributed by atoms with Crippen molar-refractivity contribution in [1.82, 2.24) is 10.2 Å². The molecule has 1 fully saturated rings. The van der Waals surface area contributed by atoms with Gasteiger partial charge in [0.1, 0.15) is 0 Å². The molecule has 5 nitrogen and oxygen atoms in total. The molecule has 86 valence electrons. The lowest BCUT2D eigenvalue weighted by Gasteiger charge is -2.26. The number of carboxylic acid groups (broad SMARTS) is 1. The third kappa shape index (κ3) is 5.39. The Hall–Kier alpha value is -1.07. The molecule has 0 saturated carbocycles. The lowest BCUT2D eigenvalue weighted by Crippen LogP contribution is -2.40. The molecule has 0 bridgehead atoms. The average molecular weight is 214 g/mol. The van der Waals surface area contributed by atoms with Crippen LogP contribution in [0.2, 0.25) is 0 Å². The number of morpholine rings is 1. The molecule has 1 aliphatic rings. The summed E-state index contributed by atoms with van der Waals surface area (Å²) in [5.41, 5.74) is 0.691. The van der Waals surface area contributed by atoms with Crippen LogP contribution < -0.4 is 5.32 Å². The number of carbonyl (C=O) groups is 1. The van der Waals surface area contributed by atoms with Gasteiger partial charge in [0.2, 0.25) is 0 Å². The molecule has 0 unspecified atom stereocenters. The van der Waals surface area contributed by atoms with Crippen LogP contribution in [0.25, 0.3) is 0 Å². The summed E-state index contributed by atoms with van der Waals surface area (Å²) in [6, 6.07) is 0. The van der Waals surface area contributed by atoms with Gasteiger partial charge in [-0.05, 0) is 6.92 Å². The van der Waals surface area contributed by atoms with E-state index in [-0.39, 0.29) is 0 Å². The Balaban J connectivity index is 2.12. The first-order valence-electron chi connectivity index (χ1n) is 5.13. The van der Waals surface area contributed by atoms with Crippen molar-refractivity contribution >= 4 is 5.97 Å². The number of carboxylic acids is 1. The van der Waals surface area contributed by atoms with Gasteiger partial charge in [-0.25, -0.2) is 4.79 Å². The van der Waals surface area contributed by atoms with Crippen LogP contribution in [0.3, 0.4) is 0 Å². The van der Waals surface area contributed by atoms with Gasteiger partial charge in [0.05, 0.1) is 13.2 Å². The highest BCUT2D eigenvalue weighted by molar-refractivity contribution is 5.80. The van der Waals surface area contributed by atoms with Crippen LogP contribution in [0.5, 0.6) is 0 Å². The van der Waals surface area contributed by atoms with Crippen molar-refractivity contribution in [3.63, 3.8) is 0 Å². The normalized spacial score (nSPS) is 18.9. The highest BCUT2D eigenvalue weighted by Gasteiger charge is 2.08. The quantitative estimate of drug-likeness (QED) is 0.626. The minimum atomic E-state index is -0.911. The molecule has 0 spiro atoms. The third-order valence-electron chi connectivity index (χ3n) is 2.28. The zero-order valence-electron chi connectivity index (χ0n) is 9.03. The van der Waals surface area contributed by atoms with Crippen LogP contribution in [-0.2, 0) is 9.53 Å². The summed E-state index contributed by atoms with van der Waals surface area (Å²) >= 11 is 0. The molecule has 0 aromatic carbocycles. The van der Waals surface area contributed by atoms with Crippen LogP contribution in [0, 0.1) is 0 Å². The van der Waals surface area contributed by atoms with Gasteiger partial charge in [-0.2, -0.15) is 0 Å². The molecule has 0 amide bonds. The lowest BCUT2D eigenvalue weighted by molar-refractivity contribution is -0.131. The second-order valence-corrected chi connectivity index (χ2v) is 3.55. The smallest absolute Gasteiger partial charge is 0.330 e. The van der Waals surface area contributed by atoms with Crippen molar-refractivity contribution in [1.29, 1.82) is 0 Å². The minimum Gasteiger partial charge on any atom is -0.478 e. The van der Waals surface area contributed by atoms with Crippen LogP contribution in [0.4, 0.5) is 0 Å². The van der Waals surface area contributed by atoms with Crippen LogP contribution >= 0.6 is 0 Å². The molecule has 1 heterocycles. The maximum absolute atomic E-state index is 10.3. The fourth-order valence-electron chi connectivity index (χ4n) is 1.47. The first kappa shape index (κ1) is 12.0. The molecule has 2 N–H and O–H groups in total. The van der Waals surface area contributed by atoms with Gasteiger partial charge in [0.15, 0.2) is 0 Å². The SMILES string of the molecule is C/C(=C/C(=O)O)NCCN1CCOCC1. The molecular formula is C10H18N2O3. The van der Waals surface area contributed by atoms with E-state index in [1.807, 2.05) is 0 Å². The molecule has 5 heteroatoms. The first-order valence-corrected chi connectivity index (χ1v) is 5.13. The zero-order valence-corrected chi connectivity index (χ0v) is 9.03. The van der Waals surface area contributed by atoms with Gasteiger partial charge in [-0.3, -0.25) is 4.90 Å². The van der Waals surface area contributed by atoms with Crippen molar-refractivity contribution in [2.75, 3.05) is 39.4 Å². The molecule has 0 atom stereocenters. The summed E-state index contributed by atoms with van der Waals surface area (Å²) in [7, 11) is 0. The molecule has 0 aliphatic carbocycles. The Morgan fingerprint density at radius 1 is 1.53 bits per heavy atom. The number of hydrogen-bond donors (Lipinski definition) is 2. The van der Waals surface area contributed by atoms with Gasteiger partial charge in [-0.1, -0.05) is 0 Å². The molecular weight excluding hydrogens is 196 g/mol. The zero-order chi connectivity index (χ0) is 11.1. The Morgan fingerprint density at radius 3 is 2.80 bits per heavy atom. The van der Waals surface area contributed by atoms with Crippen LogP contribution in [-0.4, -0.2) is 55.4 Å². The molecule has 1 rings (SSSR count). The lowest BCUT2D eigenvalue weighted by atomic mass is 10.4. The van der Waals surface area contributed by atoms with Gasteiger partial charge < -0.3 is 15.2 Å². The van der Waals surface area contributed by atoms with Crippen molar-refractivity contribution in [3.8, 4) is 0 Å². The number of nitrogens with one attached hydrogen (secondary N) is 1. The van der Waals surface area contributed by atoms with E-state index in [9.17, 15) is 4.79 Å². The van der Waals surface area contributed by atoms with Crippen LogP contribution in [0.15, 0.2) is 11.8 Å². The molecule has 1 saturated heterocycles. The van der Waals surface area contributed by atoms with E-state index >= 15 is 0 Å². The molecule has 0 radical (unpaired) electrons. The minimum absolute atomic E-state index is 0.691. The van der Waals surface area contributed by atoms with E-state index in [1.165, 1.54) is 6.08 Å². The summed E-state index contributed by atoms with van der Waals surface area (Å²) in [6.45, 7) is 6.97. The monoisotopic (exact) mass is 214 g/mol. The Morgan fingerprint density at radius 2 is 2.20 bits per heavy atom.